The normalized spacial score (nSPS) is 10.1. The fraction of sp³-hybridized carbons (Fsp3) is 0.167. The zero-order chi connectivity index (χ0) is 11.4. The van der Waals surface area contributed by atoms with Crippen LogP contribution >= 0.6 is 15.9 Å². The van der Waals surface area contributed by atoms with Gasteiger partial charge < -0.3 is 15.0 Å². The molecule has 0 aliphatic heterocycles. The summed E-state index contributed by atoms with van der Waals surface area (Å²) in [6.45, 7) is 0.787. The van der Waals surface area contributed by atoms with Crippen molar-refractivity contribution in [1.29, 1.82) is 0 Å². The lowest BCUT2D eigenvalue weighted by Crippen LogP contribution is -1.98. The van der Waals surface area contributed by atoms with Gasteiger partial charge >= 0.3 is 0 Å². The molecule has 16 heavy (non-hydrogen) atoms. The molecular weight excluding hydrogens is 268 g/mol. The highest BCUT2D eigenvalue weighted by Crippen LogP contribution is 2.18. The number of ether oxygens (including phenoxy) is 1. The Balaban J connectivity index is 1.99. The smallest absolute Gasteiger partial charge is 0.120 e. The van der Waals surface area contributed by atoms with Crippen molar-refractivity contribution in [3.05, 3.63) is 46.7 Å². The van der Waals surface area contributed by atoms with E-state index in [9.17, 15) is 0 Å². The molecule has 3 nitrogen and oxygen atoms in total. The van der Waals surface area contributed by atoms with Gasteiger partial charge in [-0.1, -0.05) is 6.07 Å². The number of rotatable bonds is 4. The van der Waals surface area contributed by atoms with Gasteiger partial charge in [-0.3, -0.25) is 0 Å². The molecule has 84 valence electrons. The molecule has 1 aromatic heterocycles. The molecule has 0 amide bonds. The number of anilines is 1. The lowest BCUT2D eigenvalue weighted by Gasteiger charge is -2.06. The van der Waals surface area contributed by atoms with Crippen LogP contribution in [0.3, 0.4) is 0 Å². The first-order chi connectivity index (χ1) is 7.78. The largest absolute Gasteiger partial charge is 0.497 e. The second kappa shape index (κ2) is 5.07. The summed E-state index contributed by atoms with van der Waals surface area (Å²) in [4.78, 5) is 3.08. The maximum Gasteiger partial charge on any atom is 0.120 e. The Morgan fingerprint density at radius 3 is 2.94 bits per heavy atom. The molecule has 4 heteroatoms. The van der Waals surface area contributed by atoms with E-state index in [1.165, 1.54) is 5.56 Å². The number of benzene rings is 1. The molecule has 0 aliphatic carbocycles. The first-order valence-electron chi connectivity index (χ1n) is 4.98. The maximum absolute atomic E-state index is 5.16. The zero-order valence-electron chi connectivity index (χ0n) is 8.96. The van der Waals surface area contributed by atoms with E-state index in [-0.39, 0.29) is 0 Å². The molecule has 1 aromatic carbocycles. The Morgan fingerprint density at radius 2 is 2.25 bits per heavy atom. The van der Waals surface area contributed by atoms with Crippen molar-refractivity contribution in [2.45, 2.75) is 6.54 Å². The van der Waals surface area contributed by atoms with Gasteiger partial charge in [0.1, 0.15) is 5.75 Å². The molecule has 0 bridgehead atoms. The van der Waals surface area contributed by atoms with Crippen molar-refractivity contribution < 1.29 is 4.74 Å². The second-order valence-electron chi connectivity index (χ2n) is 3.44. The minimum Gasteiger partial charge on any atom is -0.497 e. The highest BCUT2D eigenvalue weighted by atomic mass is 79.9. The van der Waals surface area contributed by atoms with Crippen LogP contribution in [0.5, 0.6) is 5.75 Å². The number of methoxy groups -OCH3 is 1. The quantitative estimate of drug-likeness (QED) is 0.901. The highest BCUT2D eigenvalue weighted by molar-refractivity contribution is 9.10. The van der Waals surface area contributed by atoms with Gasteiger partial charge in [-0.05, 0) is 39.7 Å². The molecule has 0 unspecified atom stereocenters. The summed E-state index contributed by atoms with van der Waals surface area (Å²) in [5.41, 5.74) is 2.26. The van der Waals surface area contributed by atoms with Crippen molar-refractivity contribution in [3.63, 3.8) is 0 Å². The molecule has 2 rings (SSSR count). The van der Waals surface area contributed by atoms with Gasteiger partial charge in [0.15, 0.2) is 0 Å². The van der Waals surface area contributed by atoms with Crippen LogP contribution in [-0.2, 0) is 6.54 Å². The molecule has 0 atom stereocenters. The predicted octanol–water partition coefficient (Wildman–Crippen LogP) is 3.40. The van der Waals surface area contributed by atoms with E-state index in [2.05, 4.69) is 26.2 Å². The second-order valence-corrected chi connectivity index (χ2v) is 4.30. The first kappa shape index (κ1) is 11.1. The van der Waals surface area contributed by atoms with E-state index in [0.29, 0.717) is 0 Å². The average Bonchev–Trinajstić information content (AvgIpc) is 2.73. The highest BCUT2D eigenvalue weighted by Gasteiger charge is 1.98. The molecule has 0 fully saturated rings. The number of hydrogen-bond donors (Lipinski definition) is 2. The van der Waals surface area contributed by atoms with E-state index in [1.54, 1.807) is 7.11 Å². The fourth-order valence-electron chi connectivity index (χ4n) is 1.45. The summed E-state index contributed by atoms with van der Waals surface area (Å²) in [6, 6.07) is 9.94. The molecular formula is C12H13BrN2O. The van der Waals surface area contributed by atoms with Gasteiger partial charge in [0, 0.05) is 24.5 Å². The third kappa shape index (κ3) is 2.79. The number of aromatic nitrogens is 1. The molecule has 2 N–H and O–H groups in total. The number of H-pyrrole nitrogens is 1. The van der Waals surface area contributed by atoms with Gasteiger partial charge in [-0.15, -0.1) is 0 Å². The third-order valence-electron chi connectivity index (χ3n) is 2.27. The maximum atomic E-state index is 5.16. The number of hydrogen-bond acceptors (Lipinski definition) is 2. The number of aromatic amines is 1. The minimum atomic E-state index is 0.787. The Hall–Kier alpha value is -1.42. The molecule has 0 spiro atoms. The summed E-state index contributed by atoms with van der Waals surface area (Å²) in [7, 11) is 1.67. The molecule has 0 radical (unpaired) electrons. The van der Waals surface area contributed by atoms with Gasteiger partial charge in [0.25, 0.3) is 0 Å². The van der Waals surface area contributed by atoms with Crippen LogP contribution in [0.15, 0.2) is 41.1 Å². The Morgan fingerprint density at radius 1 is 1.38 bits per heavy atom. The standard InChI is InChI=1S/C12H13BrN2O/c1-16-11-4-2-3-10(6-11)14-7-9-5-12(13)15-8-9/h2-6,8,14-15H,7H2,1H3. The lowest BCUT2D eigenvalue weighted by atomic mass is 10.3. The molecule has 1 heterocycles. The zero-order valence-corrected chi connectivity index (χ0v) is 10.5. The minimum absolute atomic E-state index is 0.787. The van der Waals surface area contributed by atoms with Crippen LogP contribution < -0.4 is 10.1 Å². The lowest BCUT2D eigenvalue weighted by molar-refractivity contribution is 0.415. The van der Waals surface area contributed by atoms with Crippen LogP contribution in [0, 0.1) is 0 Å². The van der Waals surface area contributed by atoms with E-state index in [0.717, 1.165) is 22.6 Å². The molecule has 2 aromatic rings. The summed E-state index contributed by atoms with van der Waals surface area (Å²) in [5.74, 6) is 0.861. The fourth-order valence-corrected chi connectivity index (χ4v) is 1.86. The molecule has 0 saturated carbocycles. The van der Waals surface area contributed by atoms with Crippen LogP contribution in [0.2, 0.25) is 0 Å². The van der Waals surface area contributed by atoms with E-state index < -0.39 is 0 Å². The van der Waals surface area contributed by atoms with Gasteiger partial charge in [0.05, 0.1) is 11.7 Å². The molecule has 0 saturated heterocycles. The molecule has 0 aliphatic rings. The number of halogens is 1. The number of nitrogens with one attached hydrogen (secondary N) is 2. The summed E-state index contributed by atoms with van der Waals surface area (Å²) >= 11 is 3.38. The Labute approximate surface area is 103 Å². The van der Waals surface area contributed by atoms with Crippen molar-refractivity contribution in [3.8, 4) is 5.75 Å². The van der Waals surface area contributed by atoms with Crippen molar-refractivity contribution in [2.75, 3.05) is 12.4 Å². The van der Waals surface area contributed by atoms with E-state index in [1.807, 2.05) is 36.5 Å². The first-order valence-corrected chi connectivity index (χ1v) is 5.78. The van der Waals surface area contributed by atoms with Gasteiger partial charge in [-0.25, -0.2) is 0 Å². The predicted molar refractivity (Wildman–Crippen MR) is 68.8 cm³/mol. The average molecular weight is 281 g/mol. The SMILES string of the molecule is COc1cccc(NCc2c[nH]c(Br)c2)c1. The summed E-state index contributed by atoms with van der Waals surface area (Å²) in [6.07, 6.45) is 1.97. The van der Waals surface area contributed by atoms with Crippen LogP contribution in [-0.4, -0.2) is 12.1 Å². The van der Waals surface area contributed by atoms with E-state index >= 15 is 0 Å². The van der Waals surface area contributed by atoms with Crippen molar-refractivity contribution >= 4 is 21.6 Å². The van der Waals surface area contributed by atoms with Crippen molar-refractivity contribution in [2.24, 2.45) is 0 Å². The third-order valence-corrected chi connectivity index (χ3v) is 2.73. The van der Waals surface area contributed by atoms with Crippen LogP contribution in [0.1, 0.15) is 5.56 Å². The van der Waals surface area contributed by atoms with Crippen LogP contribution in [0.25, 0.3) is 0 Å². The topological polar surface area (TPSA) is 37.0 Å². The van der Waals surface area contributed by atoms with Crippen LogP contribution in [0.4, 0.5) is 5.69 Å². The van der Waals surface area contributed by atoms with Gasteiger partial charge in [0.2, 0.25) is 0 Å². The monoisotopic (exact) mass is 280 g/mol. The Bertz CT molecular complexity index is 468. The van der Waals surface area contributed by atoms with Crippen molar-refractivity contribution in [1.82, 2.24) is 4.98 Å². The summed E-state index contributed by atoms with van der Waals surface area (Å²) < 4.78 is 6.15. The Kier molecular flexibility index (Phi) is 3.51. The van der Waals surface area contributed by atoms with Gasteiger partial charge in [-0.2, -0.15) is 0 Å². The van der Waals surface area contributed by atoms with E-state index in [4.69, 9.17) is 4.74 Å². The summed E-state index contributed by atoms with van der Waals surface area (Å²) in [5, 5.41) is 3.33.